The summed E-state index contributed by atoms with van der Waals surface area (Å²) in [6, 6.07) is 7.60. The molecule has 0 saturated heterocycles. The Morgan fingerprint density at radius 3 is 2.47 bits per heavy atom. The molecule has 4 heteroatoms. The summed E-state index contributed by atoms with van der Waals surface area (Å²) in [5.74, 6) is 0. The predicted molar refractivity (Wildman–Crippen MR) is 78.0 cm³/mol. The maximum Gasteiger partial charge on any atom is 0.316 e. The molecule has 1 aromatic carbocycles. The van der Waals surface area contributed by atoms with E-state index in [0.29, 0.717) is 11.5 Å². The zero-order valence-electron chi connectivity index (χ0n) is 11.7. The summed E-state index contributed by atoms with van der Waals surface area (Å²) in [6.45, 7) is 5.53. The number of rotatable bonds is 6. The van der Waals surface area contributed by atoms with Gasteiger partial charge in [0.2, 0.25) is 0 Å². The molecule has 0 aliphatic heterocycles. The van der Waals surface area contributed by atoms with Crippen molar-refractivity contribution >= 4 is 11.7 Å². The largest absolute Gasteiger partial charge is 0.351 e. The summed E-state index contributed by atoms with van der Waals surface area (Å²) < 4.78 is 0. The number of amides is 2. The Kier molecular flexibility index (Phi) is 4.10. The fourth-order valence-electron chi connectivity index (χ4n) is 2.32. The molecule has 1 atom stereocenters. The van der Waals surface area contributed by atoms with Crippen LogP contribution < -0.4 is 16.4 Å². The Bertz CT molecular complexity index is 437. The Balaban J connectivity index is 1.88. The lowest BCUT2D eigenvalue weighted by atomic mass is 10.0. The number of anilines is 1. The van der Waals surface area contributed by atoms with Crippen LogP contribution in [0.15, 0.2) is 24.3 Å². The molecular formula is C15H23N3O. The van der Waals surface area contributed by atoms with Gasteiger partial charge in [0, 0.05) is 18.3 Å². The minimum Gasteiger partial charge on any atom is -0.351 e. The summed E-state index contributed by atoms with van der Waals surface area (Å²) in [5, 5.41) is 6.17. The van der Waals surface area contributed by atoms with E-state index in [-0.39, 0.29) is 0 Å². The molecule has 0 radical (unpaired) electrons. The van der Waals surface area contributed by atoms with Gasteiger partial charge in [-0.05, 0) is 49.3 Å². The third-order valence-corrected chi connectivity index (χ3v) is 4.17. The molecule has 1 aliphatic rings. The van der Waals surface area contributed by atoms with Gasteiger partial charge in [0.1, 0.15) is 0 Å². The lowest BCUT2D eigenvalue weighted by Crippen LogP contribution is -2.26. The number of hydrogen-bond donors (Lipinski definition) is 3. The summed E-state index contributed by atoms with van der Waals surface area (Å²) >= 11 is 0. The van der Waals surface area contributed by atoms with E-state index in [1.165, 1.54) is 24.8 Å². The van der Waals surface area contributed by atoms with E-state index in [0.717, 1.165) is 12.2 Å². The molecule has 2 amide bonds. The van der Waals surface area contributed by atoms with Crippen molar-refractivity contribution in [1.82, 2.24) is 5.32 Å². The van der Waals surface area contributed by atoms with Crippen LogP contribution in [0.25, 0.3) is 0 Å². The standard InChI is InChI=1S/C15H23N3O/c1-3-15(8-9-15)10-17-11(2)12-4-6-13(7-5-12)18-14(16)19/h4-7,11,17H,3,8-10H2,1-2H3,(H3,16,18,19). The molecule has 2 rings (SSSR count). The van der Waals surface area contributed by atoms with Crippen LogP contribution in [0.2, 0.25) is 0 Å². The summed E-state index contributed by atoms with van der Waals surface area (Å²) in [5.41, 5.74) is 7.59. The van der Waals surface area contributed by atoms with E-state index in [1.54, 1.807) is 0 Å². The molecule has 0 spiro atoms. The van der Waals surface area contributed by atoms with Gasteiger partial charge in [0.15, 0.2) is 0 Å². The van der Waals surface area contributed by atoms with Gasteiger partial charge in [-0.2, -0.15) is 0 Å². The van der Waals surface area contributed by atoms with Crippen molar-refractivity contribution in [3.8, 4) is 0 Å². The van der Waals surface area contributed by atoms with Crippen molar-refractivity contribution in [2.45, 2.75) is 39.2 Å². The highest BCUT2D eigenvalue weighted by atomic mass is 16.2. The lowest BCUT2D eigenvalue weighted by Gasteiger charge is -2.19. The summed E-state index contributed by atoms with van der Waals surface area (Å²) in [6.07, 6.45) is 3.96. The normalized spacial score (nSPS) is 17.8. The molecule has 0 bridgehead atoms. The Morgan fingerprint density at radius 1 is 1.37 bits per heavy atom. The molecule has 1 saturated carbocycles. The number of benzene rings is 1. The molecule has 19 heavy (non-hydrogen) atoms. The van der Waals surface area contributed by atoms with Gasteiger partial charge in [-0.3, -0.25) is 0 Å². The van der Waals surface area contributed by atoms with E-state index in [1.807, 2.05) is 24.3 Å². The zero-order valence-corrected chi connectivity index (χ0v) is 11.7. The minimum atomic E-state index is -0.530. The van der Waals surface area contributed by atoms with Crippen LogP contribution in [0, 0.1) is 5.41 Å². The average Bonchev–Trinajstić information content (AvgIpc) is 3.17. The van der Waals surface area contributed by atoms with Crippen LogP contribution in [-0.2, 0) is 0 Å². The molecule has 0 aromatic heterocycles. The van der Waals surface area contributed by atoms with Gasteiger partial charge in [0.25, 0.3) is 0 Å². The predicted octanol–water partition coefficient (Wildman–Crippen LogP) is 3.02. The molecule has 1 aromatic rings. The molecule has 1 fully saturated rings. The van der Waals surface area contributed by atoms with E-state index in [4.69, 9.17) is 5.73 Å². The zero-order chi connectivity index (χ0) is 13.9. The number of primary amides is 1. The topological polar surface area (TPSA) is 67.2 Å². The highest BCUT2D eigenvalue weighted by Crippen LogP contribution is 2.48. The molecule has 0 heterocycles. The second-order valence-corrected chi connectivity index (χ2v) is 5.57. The fourth-order valence-corrected chi connectivity index (χ4v) is 2.32. The third-order valence-electron chi connectivity index (χ3n) is 4.17. The second-order valence-electron chi connectivity index (χ2n) is 5.57. The van der Waals surface area contributed by atoms with E-state index < -0.39 is 6.03 Å². The summed E-state index contributed by atoms with van der Waals surface area (Å²) in [7, 11) is 0. The van der Waals surface area contributed by atoms with Gasteiger partial charge in [-0.1, -0.05) is 19.1 Å². The van der Waals surface area contributed by atoms with Crippen LogP contribution in [0.4, 0.5) is 10.5 Å². The highest BCUT2D eigenvalue weighted by Gasteiger charge is 2.40. The first-order valence-electron chi connectivity index (χ1n) is 6.94. The van der Waals surface area contributed by atoms with Crippen molar-refractivity contribution in [2.75, 3.05) is 11.9 Å². The first-order valence-corrected chi connectivity index (χ1v) is 6.94. The highest BCUT2D eigenvalue weighted by molar-refractivity contribution is 5.87. The Labute approximate surface area is 114 Å². The number of carbonyl (C=O) groups is 1. The average molecular weight is 261 g/mol. The molecule has 4 N–H and O–H groups in total. The molecular weight excluding hydrogens is 238 g/mol. The SMILES string of the molecule is CCC1(CNC(C)c2ccc(NC(N)=O)cc2)CC1. The lowest BCUT2D eigenvalue weighted by molar-refractivity contribution is 0.259. The van der Waals surface area contributed by atoms with Crippen LogP contribution in [0.5, 0.6) is 0 Å². The first kappa shape index (κ1) is 13.9. The quantitative estimate of drug-likeness (QED) is 0.737. The number of urea groups is 1. The van der Waals surface area contributed by atoms with Gasteiger partial charge < -0.3 is 16.4 Å². The number of nitrogens with two attached hydrogens (primary N) is 1. The van der Waals surface area contributed by atoms with Gasteiger partial charge in [0.05, 0.1) is 0 Å². The van der Waals surface area contributed by atoms with Crippen molar-refractivity contribution in [3.63, 3.8) is 0 Å². The van der Waals surface area contributed by atoms with Crippen LogP contribution in [-0.4, -0.2) is 12.6 Å². The second kappa shape index (κ2) is 5.61. The maximum atomic E-state index is 10.7. The number of hydrogen-bond acceptors (Lipinski definition) is 2. The van der Waals surface area contributed by atoms with Crippen LogP contribution in [0.1, 0.15) is 44.7 Å². The van der Waals surface area contributed by atoms with Crippen molar-refractivity contribution in [1.29, 1.82) is 0 Å². The Hall–Kier alpha value is -1.55. The van der Waals surface area contributed by atoms with Crippen molar-refractivity contribution < 1.29 is 4.79 Å². The fraction of sp³-hybridized carbons (Fsp3) is 0.533. The molecule has 104 valence electrons. The Morgan fingerprint density at radius 2 is 2.00 bits per heavy atom. The monoisotopic (exact) mass is 261 g/mol. The van der Waals surface area contributed by atoms with E-state index in [2.05, 4.69) is 24.5 Å². The minimum absolute atomic E-state index is 0.326. The first-order chi connectivity index (χ1) is 9.04. The van der Waals surface area contributed by atoms with Gasteiger partial charge in [-0.15, -0.1) is 0 Å². The molecule has 1 unspecified atom stereocenters. The maximum absolute atomic E-state index is 10.7. The van der Waals surface area contributed by atoms with E-state index >= 15 is 0 Å². The van der Waals surface area contributed by atoms with E-state index in [9.17, 15) is 4.79 Å². The summed E-state index contributed by atoms with van der Waals surface area (Å²) in [4.78, 5) is 10.7. The molecule has 4 nitrogen and oxygen atoms in total. The number of nitrogens with one attached hydrogen (secondary N) is 2. The van der Waals surface area contributed by atoms with Crippen molar-refractivity contribution in [3.05, 3.63) is 29.8 Å². The smallest absolute Gasteiger partial charge is 0.316 e. The molecule has 1 aliphatic carbocycles. The van der Waals surface area contributed by atoms with Crippen LogP contribution in [0.3, 0.4) is 0 Å². The third kappa shape index (κ3) is 3.70. The van der Waals surface area contributed by atoms with Gasteiger partial charge >= 0.3 is 6.03 Å². The van der Waals surface area contributed by atoms with Crippen molar-refractivity contribution in [2.24, 2.45) is 11.1 Å². The van der Waals surface area contributed by atoms with Crippen LogP contribution >= 0.6 is 0 Å². The number of carbonyl (C=O) groups excluding carboxylic acids is 1. The van der Waals surface area contributed by atoms with Gasteiger partial charge in [-0.25, -0.2) is 4.79 Å².